The molecule has 1 saturated heterocycles. The molecule has 6 atom stereocenters. The van der Waals surface area contributed by atoms with Crippen LogP contribution in [0.5, 0.6) is 0 Å². The van der Waals surface area contributed by atoms with Gasteiger partial charge in [-0.3, -0.25) is 4.79 Å². The average Bonchev–Trinajstić information content (AvgIpc) is 3.28. The number of ether oxygens (including phenoxy) is 4. The fourth-order valence-corrected chi connectivity index (χ4v) is 7.44. The molecule has 0 amide bonds. The van der Waals surface area contributed by atoms with E-state index in [1.165, 1.54) is 96.3 Å². The van der Waals surface area contributed by atoms with Gasteiger partial charge in [0.2, 0.25) is 0 Å². The quantitative estimate of drug-likeness (QED) is 0.0268. The predicted molar refractivity (Wildman–Crippen MR) is 260 cm³/mol. The third-order valence-electron chi connectivity index (χ3n) is 11.4. The molecular weight excluding hydrogens is 793 g/mol. The van der Waals surface area contributed by atoms with Crippen molar-refractivity contribution in [3.8, 4) is 0 Å². The van der Waals surface area contributed by atoms with Crippen molar-refractivity contribution in [1.29, 1.82) is 0 Å². The summed E-state index contributed by atoms with van der Waals surface area (Å²) in [6.45, 7) is 4.44. The van der Waals surface area contributed by atoms with Gasteiger partial charge in [-0.25, -0.2) is 0 Å². The Kier molecular flexibility index (Phi) is 41.7. The first-order valence-corrected chi connectivity index (χ1v) is 25.5. The summed E-state index contributed by atoms with van der Waals surface area (Å²) in [6, 6.07) is 0. The molecule has 1 rings (SSSR count). The van der Waals surface area contributed by atoms with Gasteiger partial charge in [-0.05, 0) is 64.2 Å². The van der Waals surface area contributed by atoms with E-state index in [1.54, 1.807) is 0 Å². The Labute approximate surface area is 385 Å². The number of aliphatic hydroxyl groups is 4. The van der Waals surface area contributed by atoms with Crippen molar-refractivity contribution < 1.29 is 44.2 Å². The number of hydrogen-bond acceptors (Lipinski definition) is 9. The van der Waals surface area contributed by atoms with Crippen molar-refractivity contribution in [2.45, 2.75) is 237 Å². The van der Waals surface area contributed by atoms with Crippen LogP contribution < -0.4 is 0 Å². The molecule has 1 aliphatic heterocycles. The molecule has 364 valence electrons. The highest BCUT2D eigenvalue weighted by Crippen LogP contribution is 2.23. The third-order valence-corrected chi connectivity index (χ3v) is 11.4. The zero-order chi connectivity index (χ0) is 45.7. The summed E-state index contributed by atoms with van der Waals surface area (Å²) in [4.78, 5) is 12.8. The predicted octanol–water partition coefficient (Wildman–Crippen LogP) is 12.4. The molecule has 63 heavy (non-hydrogen) atoms. The molecule has 0 aromatic carbocycles. The summed E-state index contributed by atoms with van der Waals surface area (Å²) in [5.41, 5.74) is 0. The van der Waals surface area contributed by atoms with Crippen LogP contribution in [0.3, 0.4) is 0 Å². The highest BCUT2D eigenvalue weighted by atomic mass is 16.7. The zero-order valence-electron chi connectivity index (χ0n) is 40.1. The van der Waals surface area contributed by atoms with Crippen LogP contribution >= 0.6 is 0 Å². The maximum Gasteiger partial charge on any atom is 0.306 e. The standard InChI is InChI=1S/C54H94O9/c1-3-5-7-9-11-13-15-17-19-20-21-22-23-24-25-26-27-28-29-31-33-35-37-39-41-43-50(56)62-48(47-61-54-53(59)52(58)51(57)49(45-55)63-54)46-60-44-42-40-38-36-34-32-30-18-16-14-12-10-8-6-4-2/h5,7,11,13,17,19,21-22,24-25,27-28,48-49,51-55,57-59H,3-4,6,8-10,12,14-16,18,20,23,26,29-47H2,1-2H3/b7-5-,13-11-,19-17-,22-21-,25-24-,28-27-. The first-order valence-electron chi connectivity index (χ1n) is 25.5. The average molecular weight is 887 g/mol. The number of hydrogen-bond donors (Lipinski definition) is 4. The number of carbonyl (C=O) groups is 1. The lowest BCUT2D eigenvalue weighted by atomic mass is 9.99. The summed E-state index contributed by atoms with van der Waals surface area (Å²) >= 11 is 0. The van der Waals surface area contributed by atoms with E-state index in [9.17, 15) is 25.2 Å². The molecule has 0 spiro atoms. The van der Waals surface area contributed by atoms with Crippen molar-refractivity contribution in [1.82, 2.24) is 0 Å². The van der Waals surface area contributed by atoms with Crippen molar-refractivity contribution in [3.63, 3.8) is 0 Å². The molecule has 0 aromatic heterocycles. The van der Waals surface area contributed by atoms with Crippen molar-refractivity contribution in [2.24, 2.45) is 0 Å². The van der Waals surface area contributed by atoms with Crippen LogP contribution in [0.25, 0.3) is 0 Å². The lowest BCUT2D eigenvalue weighted by Gasteiger charge is -2.39. The molecule has 0 saturated carbocycles. The molecule has 1 fully saturated rings. The van der Waals surface area contributed by atoms with Crippen LogP contribution in [0, 0.1) is 0 Å². The summed E-state index contributed by atoms with van der Waals surface area (Å²) in [7, 11) is 0. The van der Waals surface area contributed by atoms with E-state index < -0.39 is 43.4 Å². The van der Waals surface area contributed by atoms with Gasteiger partial charge in [-0.15, -0.1) is 0 Å². The molecule has 0 aliphatic carbocycles. The summed E-state index contributed by atoms with van der Waals surface area (Å²) < 4.78 is 22.9. The van der Waals surface area contributed by atoms with Gasteiger partial charge in [0.1, 0.15) is 30.5 Å². The van der Waals surface area contributed by atoms with Gasteiger partial charge in [-0.1, -0.05) is 202 Å². The van der Waals surface area contributed by atoms with Crippen LogP contribution in [0.15, 0.2) is 72.9 Å². The molecule has 6 unspecified atom stereocenters. The molecule has 1 aliphatic rings. The number of esters is 1. The second-order valence-electron chi connectivity index (χ2n) is 17.2. The Morgan fingerprint density at radius 3 is 1.46 bits per heavy atom. The molecule has 9 nitrogen and oxygen atoms in total. The van der Waals surface area contributed by atoms with E-state index in [0.29, 0.717) is 13.0 Å². The Balaban J connectivity index is 2.22. The number of carbonyl (C=O) groups excluding carboxylic acids is 1. The normalized spacial score (nSPS) is 20.3. The largest absolute Gasteiger partial charge is 0.457 e. The molecular formula is C54H94O9. The lowest BCUT2D eigenvalue weighted by molar-refractivity contribution is -0.305. The van der Waals surface area contributed by atoms with Crippen LogP contribution in [-0.2, 0) is 23.7 Å². The zero-order valence-corrected chi connectivity index (χ0v) is 40.1. The van der Waals surface area contributed by atoms with E-state index in [2.05, 4.69) is 86.8 Å². The van der Waals surface area contributed by atoms with Crippen LogP contribution in [0.1, 0.15) is 200 Å². The second-order valence-corrected chi connectivity index (χ2v) is 17.2. The number of unbranched alkanes of at least 4 members (excludes halogenated alkanes) is 20. The number of aliphatic hydroxyl groups excluding tert-OH is 4. The fourth-order valence-electron chi connectivity index (χ4n) is 7.44. The minimum atomic E-state index is -1.54. The van der Waals surface area contributed by atoms with Crippen molar-refractivity contribution in [2.75, 3.05) is 26.4 Å². The maximum atomic E-state index is 12.8. The van der Waals surface area contributed by atoms with Gasteiger partial charge >= 0.3 is 5.97 Å². The Morgan fingerprint density at radius 2 is 0.968 bits per heavy atom. The van der Waals surface area contributed by atoms with Crippen LogP contribution in [0.2, 0.25) is 0 Å². The smallest absolute Gasteiger partial charge is 0.306 e. The number of rotatable bonds is 43. The first-order chi connectivity index (χ1) is 30.9. The van der Waals surface area contributed by atoms with Crippen molar-refractivity contribution >= 4 is 5.97 Å². The Morgan fingerprint density at radius 1 is 0.524 bits per heavy atom. The minimum absolute atomic E-state index is 0.121. The monoisotopic (exact) mass is 887 g/mol. The fraction of sp³-hybridized carbons (Fsp3) is 0.759. The third kappa shape index (κ3) is 35.6. The molecule has 9 heteroatoms. The SMILES string of the molecule is CC/C=C\C/C=C\C/C=C\C/C=C\C/C=C\C/C=C\CCCCCCCCC(=O)OC(COCCCCCCCCCCCCCCCCC)COC1OC(CO)C(O)C(O)C1O. The maximum absolute atomic E-state index is 12.8. The Bertz CT molecular complexity index is 1190. The second kappa shape index (κ2) is 44.8. The highest BCUT2D eigenvalue weighted by molar-refractivity contribution is 5.69. The van der Waals surface area contributed by atoms with Gasteiger partial charge in [0.15, 0.2) is 6.29 Å². The van der Waals surface area contributed by atoms with Crippen molar-refractivity contribution in [3.05, 3.63) is 72.9 Å². The molecule has 0 radical (unpaired) electrons. The van der Waals surface area contributed by atoms with Gasteiger partial charge in [0.25, 0.3) is 0 Å². The van der Waals surface area contributed by atoms with E-state index >= 15 is 0 Å². The summed E-state index contributed by atoms with van der Waals surface area (Å²) in [6.07, 6.45) is 52.1. The van der Waals surface area contributed by atoms with Crippen LogP contribution in [-0.4, -0.2) is 89.6 Å². The first kappa shape index (κ1) is 58.6. The molecule has 4 N–H and O–H groups in total. The van der Waals surface area contributed by atoms with Gasteiger partial charge < -0.3 is 39.4 Å². The highest BCUT2D eigenvalue weighted by Gasteiger charge is 2.44. The molecule has 0 aromatic rings. The summed E-state index contributed by atoms with van der Waals surface area (Å²) in [5, 5.41) is 40.2. The molecule has 1 heterocycles. The minimum Gasteiger partial charge on any atom is -0.457 e. The van der Waals surface area contributed by atoms with Gasteiger partial charge in [0.05, 0.1) is 19.8 Å². The van der Waals surface area contributed by atoms with E-state index in [-0.39, 0.29) is 19.2 Å². The van der Waals surface area contributed by atoms with Crippen LogP contribution in [0.4, 0.5) is 0 Å². The van der Waals surface area contributed by atoms with E-state index in [1.807, 2.05) is 0 Å². The van der Waals surface area contributed by atoms with E-state index in [0.717, 1.165) is 83.5 Å². The van der Waals surface area contributed by atoms with E-state index in [4.69, 9.17) is 18.9 Å². The number of allylic oxidation sites excluding steroid dienone is 12. The topological polar surface area (TPSA) is 135 Å². The Hall–Kier alpha value is -2.37. The van der Waals surface area contributed by atoms with Gasteiger partial charge in [-0.2, -0.15) is 0 Å². The lowest BCUT2D eigenvalue weighted by Crippen LogP contribution is -2.59. The van der Waals surface area contributed by atoms with Gasteiger partial charge in [0, 0.05) is 13.0 Å². The summed E-state index contributed by atoms with van der Waals surface area (Å²) in [5.74, 6) is -0.328. The molecule has 0 bridgehead atoms.